The monoisotopic (exact) mass is 325 g/mol. The number of nitro groups is 1. The van der Waals surface area contributed by atoms with Gasteiger partial charge >= 0.3 is 0 Å². The second-order valence-electron chi connectivity index (χ2n) is 6.50. The molecule has 0 saturated carbocycles. The van der Waals surface area contributed by atoms with E-state index in [1.54, 1.807) is 6.07 Å². The van der Waals surface area contributed by atoms with Crippen molar-refractivity contribution in [3.63, 3.8) is 0 Å². The molecule has 1 saturated heterocycles. The largest absolute Gasteiger partial charge is 0.363 e. The molecule has 3 rings (SSSR count). The Bertz CT molecular complexity index is 718. The molecule has 0 spiro atoms. The van der Waals surface area contributed by atoms with Crippen molar-refractivity contribution in [1.29, 1.82) is 0 Å². The predicted molar refractivity (Wildman–Crippen MR) is 96.4 cm³/mol. The summed E-state index contributed by atoms with van der Waals surface area (Å²) in [6.07, 6.45) is 0. The number of piperazine rings is 1. The van der Waals surface area contributed by atoms with Gasteiger partial charge in [-0.05, 0) is 31.0 Å². The molecule has 0 N–H and O–H groups in total. The van der Waals surface area contributed by atoms with Gasteiger partial charge in [0.25, 0.3) is 5.69 Å². The lowest BCUT2D eigenvalue weighted by Gasteiger charge is -2.40. The summed E-state index contributed by atoms with van der Waals surface area (Å²) < 4.78 is 0. The van der Waals surface area contributed by atoms with Crippen molar-refractivity contribution in [3.05, 3.63) is 69.8 Å². The lowest BCUT2D eigenvalue weighted by Crippen LogP contribution is -2.51. The van der Waals surface area contributed by atoms with Gasteiger partial charge in [-0.25, -0.2) is 0 Å². The first kappa shape index (κ1) is 16.5. The molecule has 0 aromatic heterocycles. The zero-order chi connectivity index (χ0) is 17.1. The van der Waals surface area contributed by atoms with Crippen LogP contribution in [0.15, 0.2) is 48.5 Å². The van der Waals surface area contributed by atoms with E-state index in [0.717, 1.165) is 37.4 Å². The molecule has 24 heavy (non-hydrogen) atoms. The van der Waals surface area contributed by atoms with Gasteiger partial charge in [0, 0.05) is 38.3 Å². The summed E-state index contributed by atoms with van der Waals surface area (Å²) in [5.74, 6) is 0. The summed E-state index contributed by atoms with van der Waals surface area (Å²) in [6.45, 7) is 7.51. The Morgan fingerprint density at radius 2 is 1.92 bits per heavy atom. The van der Waals surface area contributed by atoms with Crippen LogP contribution in [-0.4, -0.2) is 35.5 Å². The Morgan fingerprint density at radius 1 is 1.17 bits per heavy atom. The third-order valence-electron chi connectivity index (χ3n) is 4.66. The summed E-state index contributed by atoms with van der Waals surface area (Å²) in [7, 11) is 0. The van der Waals surface area contributed by atoms with E-state index in [-0.39, 0.29) is 10.6 Å². The van der Waals surface area contributed by atoms with E-state index in [0.29, 0.717) is 6.04 Å². The highest BCUT2D eigenvalue weighted by atomic mass is 16.6. The molecule has 0 amide bonds. The maximum Gasteiger partial charge on any atom is 0.292 e. The highest BCUT2D eigenvalue weighted by Crippen LogP contribution is 2.31. The van der Waals surface area contributed by atoms with Crippen LogP contribution in [0.4, 0.5) is 11.4 Å². The summed E-state index contributed by atoms with van der Waals surface area (Å²) in [4.78, 5) is 15.7. The van der Waals surface area contributed by atoms with Crippen LogP contribution in [0.25, 0.3) is 0 Å². The van der Waals surface area contributed by atoms with E-state index in [1.165, 1.54) is 5.56 Å². The minimum atomic E-state index is -0.274. The Kier molecular flexibility index (Phi) is 4.81. The minimum absolute atomic E-state index is 0.207. The molecule has 0 bridgehead atoms. The first-order valence-electron chi connectivity index (χ1n) is 8.32. The van der Waals surface area contributed by atoms with E-state index in [4.69, 9.17) is 0 Å². The van der Waals surface area contributed by atoms with Crippen LogP contribution in [0.2, 0.25) is 0 Å². The van der Waals surface area contributed by atoms with Crippen molar-refractivity contribution in [2.75, 3.05) is 24.5 Å². The molecule has 0 radical (unpaired) electrons. The molecule has 1 fully saturated rings. The average molecular weight is 325 g/mol. The molecule has 5 nitrogen and oxygen atoms in total. The van der Waals surface area contributed by atoms with Gasteiger partial charge in [0.05, 0.1) is 4.92 Å². The smallest absolute Gasteiger partial charge is 0.292 e. The number of aryl methyl sites for hydroxylation is 1. The quantitative estimate of drug-likeness (QED) is 0.636. The van der Waals surface area contributed by atoms with Crippen molar-refractivity contribution >= 4 is 11.4 Å². The highest BCUT2D eigenvalue weighted by Gasteiger charge is 2.27. The molecular formula is C19H23N3O2. The van der Waals surface area contributed by atoms with Gasteiger partial charge in [-0.15, -0.1) is 0 Å². The van der Waals surface area contributed by atoms with Crippen molar-refractivity contribution in [3.8, 4) is 0 Å². The van der Waals surface area contributed by atoms with Gasteiger partial charge in [0.15, 0.2) is 0 Å². The van der Waals surface area contributed by atoms with Crippen molar-refractivity contribution in [2.24, 2.45) is 0 Å². The van der Waals surface area contributed by atoms with Gasteiger partial charge in [-0.1, -0.05) is 36.4 Å². The van der Waals surface area contributed by atoms with Crippen LogP contribution in [0.5, 0.6) is 0 Å². The average Bonchev–Trinajstić information content (AvgIpc) is 2.57. The summed E-state index contributed by atoms with van der Waals surface area (Å²) in [5.41, 5.74) is 3.16. The molecule has 1 aliphatic rings. The maximum atomic E-state index is 11.4. The van der Waals surface area contributed by atoms with E-state index < -0.39 is 0 Å². The Hall–Kier alpha value is -2.40. The Morgan fingerprint density at radius 3 is 2.58 bits per heavy atom. The molecule has 2 aromatic rings. The van der Waals surface area contributed by atoms with Crippen LogP contribution in [0.3, 0.4) is 0 Å². The van der Waals surface area contributed by atoms with Crippen LogP contribution in [-0.2, 0) is 6.54 Å². The first-order valence-corrected chi connectivity index (χ1v) is 8.32. The lowest BCUT2D eigenvalue weighted by molar-refractivity contribution is -0.384. The van der Waals surface area contributed by atoms with Gasteiger partial charge in [0.1, 0.15) is 5.69 Å². The lowest BCUT2D eigenvalue weighted by atomic mass is 10.1. The number of nitrogens with zero attached hydrogens (tertiary/aromatic N) is 3. The fourth-order valence-electron chi connectivity index (χ4n) is 3.31. The number of nitro benzene ring substituents is 1. The van der Waals surface area contributed by atoms with Crippen molar-refractivity contribution < 1.29 is 4.92 Å². The highest BCUT2D eigenvalue weighted by molar-refractivity contribution is 5.64. The van der Waals surface area contributed by atoms with Crippen LogP contribution < -0.4 is 4.90 Å². The van der Waals surface area contributed by atoms with Gasteiger partial charge in [-0.3, -0.25) is 15.0 Å². The third-order valence-corrected chi connectivity index (χ3v) is 4.66. The Labute approximate surface area is 142 Å². The third kappa shape index (κ3) is 3.57. The van der Waals surface area contributed by atoms with Gasteiger partial charge in [0.2, 0.25) is 0 Å². The van der Waals surface area contributed by atoms with Crippen LogP contribution in [0.1, 0.15) is 18.1 Å². The normalized spacial score (nSPS) is 18.6. The predicted octanol–water partition coefficient (Wildman–Crippen LogP) is 3.61. The molecule has 1 atom stereocenters. The second-order valence-corrected chi connectivity index (χ2v) is 6.50. The minimum Gasteiger partial charge on any atom is -0.363 e. The number of rotatable bonds is 4. The number of hydrogen-bond acceptors (Lipinski definition) is 4. The van der Waals surface area contributed by atoms with Crippen molar-refractivity contribution in [2.45, 2.75) is 26.4 Å². The van der Waals surface area contributed by atoms with E-state index in [2.05, 4.69) is 41.0 Å². The molecule has 5 heteroatoms. The fourth-order valence-corrected chi connectivity index (χ4v) is 3.31. The molecule has 0 aliphatic carbocycles. The standard InChI is InChI=1S/C19H23N3O2/c1-15-8-9-18(19(12-15)22(23)24)21-11-10-20(16(2)13-21)14-17-6-4-3-5-7-17/h3-9,12,16H,10-11,13-14H2,1-2H3/t16-/m1/s1. The van der Waals surface area contributed by atoms with Crippen LogP contribution in [0, 0.1) is 17.0 Å². The first-order chi connectivity index (χ1) is 11.5. The van der Waals surface area contributed by atoms with E-state index in [1.807, 2.05) is 25.1 Å². The zero-order valence-electron chi connectivity index (χ0n) is 14.2. The fraction of sp³-hybridized carbons (Fsp3) is 0.368. The summed E-state index contributed by atoms with van der Waals surface area (Å²) in [6, 6.07) is 16.3. The number of anilines is 1. The zero-order valence-corrected chi connectivity index (χ0v) is 14.2. The molecule has 1 aliphatic heterocycles. The molecule has 2 aromatic carbocycles. The Balaban J connectivity index is 1.73. The SMILES string of the molecule is Cc1ccc(N2CCN(Cc3ccccc3)[C@H](C)C2)c([N+](=O)[O-])c1. The molecule has 0 unspecified atom stereocenters. The molecular weight excluding hydrogens is 302 g/mol. The topological polar surface area (TPSA) is 49.6 Å². The molecule has 126 valence electrons. The molecule has 1 heterocycles. The van der Waals surface area contributed by atoms with E-state index in [9.17, 15) is 10.1 Å². The van der Waals surface area contributed by atoms with Gasteiger partial charge < -0.3 is 4.90 Å². The van der Waals surface area contributed by atoms with Gasteiger partial charge in [-0.2, -0.15) is 0 Å². The number of benzene rings is 2. The van der Waals surface area contributed by atoms with Crippen molar-refractivity contribution in [1.82, 2.24) is 4.90 Å². The van der Waals surface area contributed by atoms with Crippen LogP contribution >= 0.6 is 0 Å². The second kappa shape index (κ2) is 7.01. The number of hydrogen-bond donors (Lipinski definition) is 0. The summed E-state index contributed by atoms with van der Waals surface area (Å²) in [5, 5.41) is 11.4. The maximum absolute atomic E-state index is 11.4. The summed E-state index contributed by atoms with van der Waals surface area (Å²) >= 11 is 0. The van der Waals surface area contributed by atoms with E-state index >= 15 is 0 Å².